The molecule has 0 aromatic heterocycles. The van der Waals surface area contributed by atoms with Gasteiger partial charge in [-0.25, -0.2) is 4.79 Å². The number of anilines is 1. The molecule has 2 N–H and O–H groups in total. The van der Waals surface area contributed by atoms with E-state index < -0.39 is 12.1 Å². The number of carboxylic acid groups (broad SMARTS) is 1. The molecule has 1 unspecified atom stereocenters. The number of thioether (sulfide) groups is 1. The average Bonchev–Trinajstić information content (AvgIpc) is 2.90. The third kappa shape index (κ3) is 4.29. The first kappa shape index (κ1) is 18.9. The minimum atomic E-state index is -1.05. The van der Waals surface area contributed by atoms with Crippen LogP contribution in [0.5, 0.6) is 11.5 Å². The van der Waals surface area contributed by atoms with E-state index in [9.17, 15) is 14.7 Å². The number of carbonyl (C=O) groups is 2. The van der Waals surface area contributed by atoms with Crippen molar-refractivity contribution in [2.45, 2.75) is 13.0 Å². The van der Waals surface area contributed by atoms with Crippen molar-refractivity contribution in [2.24, 2.45) is 0 Å². The van der Waals surface area contributed by atoms with Crippen LogP contribution in [0.4, 0.5) is 5.69 Å². The van der Waals surface area contributed by atoms with E-state index in [0.29, 0.717) is 20.7 Å². The van der Waals surface area contributed by atoms with Crippen molar-refractivity contribution in [3.05, 3.63) is 59.0 Å². The minimum Gasteiger partial charge on any atom is -0.508 e. The lowest BCUT2D eigenvalue weighted by Gasteiger charge is -2.14. The highest BCUT2D eigenvalue weighted by atomic mass is 32.2. The Morgan fingerprint density at radius 3 is 2.59 bits per heavy atom. The number of rotatable bonds is 5. The van der Waals surface area contributed by atoms with Crippen LogP contribution in [0.2, 0.25) is 0 Å². The van der Waals surface area contributed by atoms with Crippen molar-refractivity contribution in [2.75, 3.05) is 4.90 Å². The van der Waals surface area contributed by atoms with E-state index in [0.717, 1.165) is 5.56 Å². The third-order valence-corrected chi connectivity index (χ3v) is 5.02. The SMILES string of the molecule is CC(Oc1ccc(/C=C2/SC(=S)N(c3cccc(O)c3)C2=O)cc1)C(=O)O. The predicted molar refractivity (Wildman–Crippen MR) is 108 cm³/mol. The van der Waals surface area contributed by atoms with Crippen LogP contribution in [0.25, 0.3) is 6.08 Å². The number of phenolic OH excluding ortho intramolecular Hbond substituents is 1. The van der Waals surface area contributed by atoms with Crippen LogP contribution in [-0.2, 0) is 9.59 Å². The Kier molecular flexibility index (Phi) is 5.48. The monoisotopic (exact) mass is 401 g/mol. The van der Waals surface area contributed by atoms with Gasteiger partial charge >= 0.3 is 5.97 Å². The molecule has 1 fully saturated rings. The fourth-order valence-electron chi connectivity index (χ4n) is 2.37. The van der Waals surface area contributed by atoms with E-state index in [4.69, 9.17) is 22.1 Å². The van der Waals surface area contributed by atoms with Gasteiger partial charge in [0.2, 0.25) is 0 Å². The maximum absolute atomic E-state index is 12.7. The number of aliphatic carboxylic acids is 1. The van der Waals surface area contributed by atoms with Gasteiger partial charge in [0.1, 0.15) is 11.5 Å². The molecule has 2 aromatic carbocycles. The molecule has 0 spiro atoms. The zero-order valence-corrected chi connectivity index (χ0v) is 15.8. The fraction of sp³-hybridized carbons (Fsp3) is 0.105. The van der Waals surface area contributed by atoms with Gasteiger partial charge in [-0.2, -0.15) is 0 Å². The second kappa shape index (κ2) is 7.81. The Morgan fingerprint density at radius 2 is 1.96 bits per heavy atom. The van der Waals surface area contributed by atoms with E-state index in [1.165, 1.54) is 35.7 Å². The molecule has 6 nitrogen and oxygen atoms in total. The molecule has 1 amide bonds. The van der Waals surface area contributed by atoms with Crippen molar-refractivity contribution >= 4 is 51.9 Å². The largest absolute Gasteiger partial charge is 0.508 e. The standard InChI is InChI=1S/C19H15NO5S2/c1-11(18(23)24)25-15-7-5-12(6-8-15)9-16-17(22)20(19(26)27-16)13-3-2-4-14(21)10-13/h2-11,21H,1H3,(H,23,24)/b16-9+. The van der Waals surface area contributed by atoms with E-state index in [-0.39, 0.29) is 11.7 Å². The van der Waals surface area contributed by atoms with Crippen LogP contribution in [0.15, 0.2) is 53.4 Å². The van der Waals surface area contributed by atoms with Gasteiger partial charge in [-0.1, -0.05) is 42.2 Å². The van der Waals surface area contributed by atoms with Gasteiger partial charge in [-0.15, -0.1) is 0 Å². The molecule has 1 aliphatic rings. The first-order chi connectivity index (χ1) is 12.8. The lowest BCUT2D eigenvalue weighted by atomic mass is 10.2. The Balaban J connectivity index is 1.78. The maximum Gasteiger partial charge on any atom is 0.344 e. The predicted octanol–water partition coefficient (Wildman–Crippen LogP) is 3.65. The number of phenols is 1. The molecule has 1 heterocycles. The summed E-state index contributed by atoms with van der Waals surface area (Å²) in [5.41, 5.74) is 1.26. The van der Waals surface area contributed by atoms with E-state index in [1.807, 2.05) is 0 Å². The van der Waals surface area contributed by atoms with Crippen molar-refractivity contribution in [1.82, 2.24) is 0 Å². The van der Waals surface area contributed by atoms with Gasteiger partial charge in [0.05, 0.1) is 10.6 Å². The van der Waals surface area contributed by atoms with E-state index >= 15 is 0 Å². The summed E-state index contributed by atoms with van der Waals surface area (Å²) in [5.74, 6) is -0.837. The van der Waals surface area contributed by atoms with Crippen LogP contribution in [0, 0.1) is 0 Å². The molecule has 8 heteroatoms. The molecule has 0 radical (unpaired) electrons. The van der Waals surface area contributed by atoms with Crippen LogP contribution in [-0.4, -0.2) is 32.5 Å². The molecule has 0 bridgehead atoms. The summed E-state index contributed by atoms with van der Waals surface area (Å²) in [4.78, 5) is 25.4. The van der Waals surface area contributed by atoms with Gasteiger partial charge in [-0.05, 0) is 42.8 Å². The van der Waals surface area contributed by atoms with Gasteiger partial charge in [-0.3, -0.25) is 9.69 Å². The molecular formula is C19H15NO5S2. The molecule has 1 saturated heterocycles. The summed E-state index contributed by atoms with van der Waals surface area (Å²) < 4.78 is 5.66. The van der Waals surface area contributed by atoms with Gasteiger partial charge in [0, 0.05) is 6.07 Å². The molecule has 0 aliphatic carbocycles. The zero-order chi connectivity index (χ0) is 19.6. The average molecular weight is 401 g/mol. The van der Waals surface area contributed by atoms with Crippen LogP contribution >= 0.6 is 24.0 Å². The van der Waals surface area contributed by atoms with Crippen LogP contribution < -0.4 is 9.64 Å². The Hall–Kier alpha value is -2.84. The third-order valence-electron chi connectivity index (χ3n) is 3.72. The molecule has 138 valence electrons. The summed E-state index contributed by atoms with van der Waals surface area (Å²) in [5, 5.41) is 18.5. The van der Waals surface area contributed by atoms with Crippen molar-refractivity contribution in [3.8, 4) is 11.5 Å². The number of aromatic hydroxyl groups is 1. The fourth-order valence-corrected chi connectivity index (χ4v) is 3.67. The van der Waals surface area contributed by atoms with Crippen molar-refractivity contribution < 1.29 is 24.5 Å². The second-order valence-corrected chi connectivity index (χ2v) is 7.38. The van der Waals surface area contributed by atoms with Crippen molar-refractivity contribution in [3.63, 3.8) is 0 Å². The normalized spacial score (nSPS) is 16.6. The minimum absolute atomic E-state index is 0.0525. The van der Waals surface area contributed by atoms with Gasteiger partial charge < -0.3 is 14.9 Å². The molecule has 27 heavy (non-hydrogen) atoms. The summed E-state index contributed by atoms with van der Waals surface area (Å²) in [6.07, 6.45) is 0.751. The lowest BCUT2D eigenvalue weighted by molar-refractivity contribution is -0.144. The summed E-state index contributed by atoms with van der Waals surface area (Å²) in [6, 6.07) is 13.1. The lowest BCUT2D eigenvalue weighted by Crippen LogP contribution is -2.27. The number of ether oxygens (including phenoxy) is 1. The number of amides is 1. The number of benzene rings is 2. The van der Waals surface area contributed by atoms with E-state index in [2.05, 4.69) is 0 Å². The summed E-state index contributed by atoms with van der Waals surface area (Å²) in [6.45, 7) is 1.45. The highest BCUT2D eigenvalue weighted by Gasteiger charge is 2.33. The number of nitrogens with zero attached hydrogens (tertiary/aromatic N) is 1. The topological polar surface area (TPSA) is 87.1 Å². The van der Waals surface area contributed by atoms with Crippen LogP contribution in [0.3, 0.4) is 0 Å². The number of thiocarbonyl (C=S) groups is 1. The first-order valence-electron chi connectivity index (χ1n) is 7.91. The molecule has 1 aliphatic heterocycles. The smallest absolute Gasteiger partial charge is 0.344 e. The highest BCUT2D eigenvalue weighted by molar-refractivity contribution is 8.27. The van der Waals surface area contributed by atoms with Crippen LogP contribution in [0.1, 0.15) is 12.5 Å². The quantitative estimate of drug-likeness (QED) is 0.584. The number of carbonyl (C=O) groups excluding carboxylic acids is 1. The number of hydrogen-bond donors (Lipinski definition) is 2. The number of carboxylic acids is 1. The molecule has 3 rings (SSSR count). The summed E-state index contributed by atoms with van der Waals surface area (Å²) >= 11 is 6.47. The second-order valence-electron chi connectivity index (χ2n) is 5.70. The summed E-state index contributed by atoms with van der Waals surface area (Å²) in [7, 11) is 0. The molecule has 0 saturated carbocycles. The van der Waals surface area contributed by atoms with Gasteiger partial charge in [0.25, 0.3) is 5.91 Å². The van der Waals surface area contributed by atoms with E-state index in [1.54, 1.807) is 42.5 Å². The Morgan fingerprint density at radius 1 is 1.26 bits per heavy atom. The number of hydrogen-bond acceptors (Lipinski definition) is 6. The highest BCUT2D eigenvalue weighted by Crippen LogP contribution is 2.36. The molecule has 1 atom stereocenters. The first-order valence-corrected chi connectivity index (χ1v) is 9.14. The molecule has 2 aromatic rings. The van der Waals surface area contributed by atoms with Gasteiger partial charge in [0.15, 0.2) is 10.4 Å². The molecular weight excluding hydrogens is 386 g/mol. The van der Waals surface area contributed by atoms with Crippen molar-refractivity contribution in [1.29, 1.82) is 0 Å². The Bertz CT molecular complexity index is 939. The zero-order valence-electron chi connectivity index (χ0n) is 14.2. The maximum atomic E-state index is 12.7. The Labute approximate surface area is 165 Å².